The van der Waals surface area contributed by atoms with Crippen molar-refractivity contribution < 1.29 is 0 Å². The van der Waals surface area contributed by atoms with Crippen LogP contribution in [-0.2, 0) is 0 Å². The molecule has 0 unspecified atom stereocenters. The first-order valence-corrected chi connectivity index (χ1v) is 3.40. The molecule has 0 aromatic carbocycles. The Bertz CT molecular complexity index is 405. The van der Waals surface area contributed by atoms with Crippen LogP contribution in [0.1, 0.15) is 0 Å². The largest absolute Gasteiger partial charge is 0.344 e. The molecule has 0 saturated heterocycles. The summed E-state index contributed by atoms with van der Waals surface area (Å²) >= 11 is 0. The minimum Gasteiger partial charge on any atom is -0.344 e. The fraction of sp³-hybridized carbons (Fsp3) is 0. The molecule has 0 atom stereocenters. The Labute approximate surface area is 68.5 Å². The summed E-state index contributed by atoms with van der Waals surface area (Å²) in [5.41, 5.74) is 4.36. The van der Waals surface area contributed by atoms with E-state index in [1.807, 2.05) is 0 Å². The number of aromatic nitrogens is 3. The molecule has 5 heteroatoms. The third-order valence-corrected chi connectivity index (χ3v) is 1.56. The predicted octanol–water partition coefficient (Wildman–Crippen LogP) is 0.985. The molecule has 2 rings (SSSR count). The molecule has 60 valence electrons. The molecule has 12 heavy (non-hydrogen) atoms. The fourth-order valence-corrected chi connectivity index (χ4v) is 1.04. The Hall–Kier alpha value is -1.91. The van der Waals surface area contributed by atoms with E-state index < -0.39 is 0 Å². The molecule has 0 fully saturated rings. The monoisotopic (exact) mass is 161 g/mol. The summed E-state index contributed by atoms with van der Waals surface area (Å²) in [6.45, 7) is 3.33. The number of nitrogens with one attached hydrogen (secondary N) is 2. The highest BCUT2D eigenvalue weighted by atomic mass is 15.3. The molecule has 0 radical (unpaired) electrons. The number of hydrogen-bond donors (Lipinski definition) is 2. The minimum absolute atomic E-state index is 0.788. The van der Waals surface area contributed by atoms with Gasteiger partial charge in [-0.3, -0.25) is 5.43 Å². The van der Waals surface area contributed by atoms with E-state index in [2.05, 4.69) is 32.2 Å². The number of aromatic amines is 1. The van der Waals surface area contributed by atoms with Crippen molar-refractivity contribution >= 4 is 23.4 Å². The van der Waals surface area contributed by atoms with Crippen LogP contribution in [-0.4, -0.2) is 21.7 Å². The number of fused-ring (bicyclic) bond motifs is 1. The molecule has 0 aliphatic rings. The summed E-state index contributed by atoms with van der Waals surface area (Å²) in [4.78, 5) is 10.9. The summed E-state index contributed by atoms with van der Waals surface area (Å²) < 4.78 is 0. The van der Waals surface area contributed by atoms with Crippen molar-refractivity contribution in [2.75, 3.05) is 5.43 Å². The van der Waals surface area contributed by atoms with Crippen molar-refractivity contribution in [3.63, 3.8) is 0 Å². The highest BCUT2D eigenvalue weighted by Crippen LogP contribution is 2.19. The molecular weight excluding hydrogens is 154 g/mol. The molecule has 2 aromatic rings. The Morgan fingerprint density at radius 3 is 3.33 bits per heavy atom. The lowest BCUT2D eigenvalue weighted by molar-refractivity contribution is 1.20. The number of rotatable bonds is 2. The first-order chi connectivity index (χ1) is 5.92. The summed E-state index contributed by atoms with van der Waals surface area (Å²) in [5.74, 6) is 0. The summed E-state index contributed by atoms with van der Waals surface area (Å²) in [6, 6.07) is 0. The lowest BCUT2D eigenvalue weighted by Gasteiger charge is -1.93. The zero-order valence-corrected chi connectivity index (χ0v) is 6.28. The van der Waals surface area contributed by atoms with Crippen molar-refractivity contribution in [1.29, 1.82) is 0 Å². The number of nitrogens with zero attached hydrogens (tertiary/aromatic N) is 3. The van der Waals surface area contributed by atoms with Crippen LogP contribution >= 0.6 is 0 Å². The quantitative estimate of drug-likeness (QED) is 0.509. The van der Waals surface area contributed by atoms with Gasteiger partial charge in [-0.1, -0.05) is 0 Å². The molecule has 0 aliphatic heterocycles. The van der Waals surface area contributed by atoms with E-state index in [1.165, 1.54) is 6.33 Å². The van der Waals surface area contributed by atoms with E-state index in [1.54, 1.807) is 12.4 Å². The molecule has 2 aromatic heterocycles. The van der Waals surface area contributed by atoms with Crippen LogP contribution in [0.4, 0.5) is 5.69 Å². The van der Waals surface area contributed by atoms with Gasteiger partial charge >= 0.3 is 0 Å². The van der Waals surface area contributed by atoms with Gasteiger partial charge in [-0.25, -0.2) is 9.97 Å². The van der Waals surface area contributed by atoms with Gasteiger partial charge in [0.15, 0.2) is 0 Å². The Morgan fingerprint density at radius 2 is 2.50 bits per heavy atom. The maximum absolute atomic E-state index is 4.02. The molecule has 2 heterocycles. The van der Waals surface area contributed by atoms with Gasteiger partial charge in [-0.15, -0.1) is 0 Å². The van der Waals surface area contributed by atoms with Gasteiger partial charge < -0.3 is 4.98 Å². The predicted molar refractivity (Wildman–Crippen MR) is 47.1 cm³/mol. The van der Waals surface area contributed by atoms with Crippen LogP contribution in [0.2, 0.25) is 0 Å². The van der Waals surface area contributed by atoms with E-state index in [4.69, 9.17) is 0 Å². The highest BCUT2D eigenvalue weighted by molar-refractivity contribution is 5.88. The molecular formula is C7H7N5. The van der Waals surface area contributed by atoms with Crippen molar-refractivity contribution in [3.05, 3.63) is 18.7 Å². The first kappa shape index (κ1) is 6.78. The van der Waals surface area contributed by atoms with E-state index in [0.717, 1.165) is 16.7 Å². The van der Waals surface area contributed by atoms with Crippen LogP contribution in [0.25, 0.3) is 11.0 Å². The van der Waals surface area contributed by atoms with Crippen LogP contribution in [0.15, 0.2) is 23.8 Å². The van der Waals surface area contributed by atoms with Gasteiger partial charge in [-0.2, -0.15) is 5.10 Å². The molecule has 5 nitrogen and oxygen atoms in total. The molecule has 0 bridgehead atoms. The van der Waals surface area contributed by atoms with E-state index in [9.17, 15) is 0 Å². The first-order valence-electron chi connectivity index (χ1n) is 3.40. The van der Waals surface area contributed by atoms with Gasteiger partial charge in [0, 0.05) is 19.1 Å². The molecule has 0 spiro atoms. The SMILES string of the molecule is C=NNc1c[nH]c2ncncc12. The van der Waals surface area contributed by atoms with Crippen molar-refractivity contribution in [2.24, 2.45) is 5.10 Å². The van der Waals surface area contributed by atoms with Crippen molar-refractivity contribution in [1.82, 2.24) is 15.0 Å². The van der Waals surface area contributed by atoms with E-state index in [0.29, 0.717) is 0 Å². The van der Waals surface area contributed by atoms with Crippen LogP contribution < -0.4 is 5.43 Å². The third kappa shape index (κ3) is 0.914. The fourth-order valence-electron chi connectivity index (χ4n) is 1.04. The normalized spacial score (nSPS) is 10.0. The third-order valence-electron chi connectivity index (χ3n) is 1.56. The maximum Gasteiger partial charge on any atom is 0.142 e. The minimum atomic E-state index is 0.788. The summed E-state index contributed by atoms with van der Waals surface area (Å²) in [7, 11) is 0. The van der Waals surface area contributed by atoms with Gasteiger partial charge in [0.2, 0.25) is 0 Å². The van der Waals surface area contributed by atoms with Gasteiger partial charge in [-0.05, 0) is 0 Å². The van der Waals surface area contributed by atoms with E-state index in [-0.39, 0.29) is 0 Å². The summed E-state index contributed by atoms with van der Waals surface area (Å²) in [5, 5.41) is 4.46. The smallest absolute Gasteiger partial charge is 0.142 e. The van der Waals surface area contributed by atoms with Gasteiger partial charge in [0.05, 0.1) is 11.1 Å². The number of hydrazone groups is 1. The Balaban J connectivity index is 2.62. The zero-order chi connectivity index (χ0) is 8.39. The second-order valence-corrected chi connectivity index (χ2v) is 2.26. The zero-order valence-electron chi connectivity index (χ0n) is 6.28. The topological polar surface area (TPSA) is 66.0 Å². The second-order valence-electron chi connectivity index (χ2n) is 2.26. The van der Waals surface area contributed by atoms with Crippen molar-refractivity contribution in [2.45, 2.75) is 0 Å². The number of H-pyrrole nitrogens is 1. The van der Waals surface area contributed by atoms with Gasteiger partial charge in [0.25, 0.3) is 0 Å². The number of hydrogen-bond acceptors (Lipinski definition) is 4. The molecule has 0 saturated carbocycles. The standard InChI is InChI=1S/C7H7N5/c1-8-12-6-3-10-7-5(6)2-9-4-11-7/h2-4,12H,1H2,(H,9,10,11). The average molecular weight is 161 g/mol. The molecule has 0 amide bonds. The summed E-state index contributed by atoms with van der Waals surface area (Å²) in [6.07, 6.45) is 4.98. The van der Waals surface area contributed by atoms with Crippen LogP contribution in [0, 0.1) is 0 Å². The maximum atomic E-state index is 4.02. The molecule has 0 aliphatic carbocycles. The van der Waals surface area contributed by atoms with Crippen LogP contribution in [0.5, 0.6) is 0 Å². The van der Waals surface area contributed by atoms with Crippen LogP contribution in [0.3, 0.4) is 0 Å². The van der Waals surface area contributed by atoms with Gasteiger partial charge in [0.1, 0.15) is 12.0 Å². The lowest BCUT2D eigenvalue weighted by Crippen LogP contribution is -1.84. The average Bonchev–Trinajstić information content (AvgIpc) is 2.50. The Kier molecular flexibility index (Phi) is 1.48. The second kappa shape index (κ2) is 2.61. The molecule has 2 N–H and O–H groups in total. The highest BCUT2D eigenvalue weighted by Gasteiger charge is 2.01. The number of anilines is 1. The van der Waals surface area contributed by atoms with E-state index >= 15 is 0 Å². The lowest BCUT2D eigenvalue weighted by atomic mass is 10.4. The Morgan fingerprint density at radius 1 is 1.58 bits per heavy atom. The van der Waals surface area contributed by atoms with Crippen molar-refractivity contribution in [3.8, 4) is 0 Å².